The maximum Gasteiger partial charge on any atom is 0 e. The van der Waals surface area contributed by atoms with Crippen molar-refractivity contribution >= 4 is 0 Å². The molecule has 0 spiro atoms. The van der Waals surface area contributed by atoms with E-state index in [2.05, 4.69) is 71.7 Å². The molecular formula is C11H5Co3O10-. The van der Waals surface area contributed by atoms with Crippen LogP contribution in [0.1, 0.15) is 0 Å². The van der Waals surface area contributed by atoms with Crippen molar-refractivity contribution in [1.82, 2.24) is 0 Å². The van der Waals surface area contributed by atoms with E-state index in [1.54, 1.807) is 0 Å². The summed E-state index contributed by atoms with van der Waals surface area (Å²) in [5.74, 6) is 0. The second-order valence-electron chi connectivity index (χ2n) is 0.289. The first-order valence-corrected chi connectivity index (χ1v) is 2.53. The summed E-state index contributed by atoms with van der Waals surface area (Å²) in [6, 6.07) is 0. The molecule has 0 aliphatic carbocycles. The Bertz CT molecular complexity index is 175. The van der Waals surface area contributed by atoms with Gasteiger partial charge in [-0.25, -0.2) is 7.11 Å². The van der Waals surface area contributed by atoms with Crippen LogP contribution in [0.4, 0.5) is 0 Å². The Labute approximate surface area is 170 Å². The van der Waals surface area contributed by atoms with Gasteiger partial charge in [0, 0.05) is 50.3 Å². The van der Waals surface area contributed by atoms with E-state index in [0.717, 1.165) is 0 Å². The van der Waals surface area contributed by atoms with Crippen molar-refractivity contribution in [1.29, 1.82) is 0 Å². The summed E-state index contributed by atoms with van der Waals surface area (Å²) in [7, 11) is 4.50. The molecule has 0 saturated heterocycles. The molecular weight excluding hydrogens is 469 g/mol. The van der Waals surface area contributed by atoms with Crippen LogP contribution in [0.3, 0.4) is 0 Å². The van der Waals surface area contributed by atoms with Crippen LogP contribution in [-0.2, 0) is 96.9 Å². The van der Waals surface area contributed by atoms with Crippen LogP contribution < -0.4 is 0 Å². The Balaban J connectivity index is -0.00000000504. The third kappa shape index (κ3) is 11600. The summed E-state index contributed by atoms with van der Waals surface area (Å²) in [4.78, 5) is 0. The predicted octanol–water partition coefficient (Wildman–Crippen LogP) is 0.0793. The molecule has 24 heavy (non-hydrogen) atoms. The second kappa shape index (κ2) is 509000. The maximum absolute atomic E-state index is 7.50. The molecule has 0 amide bonds. The Morgan fingerprint density at radius 3 is 0.417 bits per heavy atom. The van der Waals surface area contributed by atoms with Crippen molar-refractivity contribution < 1.29 is 96.9 Å². The zero-order valence-corrected chi connectivity index (χ0v) is 14.4. The summed E-state index contributed by atoms with van der Waals surface area (Å²) in [6.07, 6.45) is 0. The van der Waals surface area contributed by atoms with Gasteiger partial charge >= 0.3 is 102 Å². The molecule has 0 fully saturated rings. The van der Waals surface area contributed by atoms with Gasteiger partial charge in [0.15, 0.2) is 0 Å². The van der Waals surface area contributed by atoms with Gasteiger partial charge in [-0.05, 0) is 7.11 Å². The Hall–Kier alpha value is -0.861. The SMILES string of the molecule is [C-]#[O+].[C-]#[O+].[C-]#[O+].[C-]#[O+].[C-]#[O+].[C-]#[O+].[C-]#[O+].[C-]#[O+].[C-]#[O+].[CH2-]OC.[Co].[Co].[Co]. The number of ether oxygens (including phenoxy) is 1. The molecule has 0 rings (SSSR count). The topological polar surface area (TPSA) is 188 Å². The van der Waals surface area contributed by atoms with Gasteiger partial charge in [0.1, 0.15) is 0 Å². The summed E-state index contributed by atoms with van der Waals surface area (Å²) >= 11 is 0. The minimum atomic E-state index is 0. The van der Waals surface area contributed by atoms with Gasteiger partial charge in [-0.1, -0.05) is 0 Å². The van der Waals surface area contributed by atoms with E-state index in [1.165, 1.54) is 7.11 Å². The van der Waals surface area contributed by atoms with E-state index in [-0.39, 0.29) is 50.3 Å². The van der Waals surface area contributed by atoms with Crippen LogP contribution in [0, 0.1) is 67.0 Å². The first-order valence-electron chi connectivity index (χ1n) is 2.53. The van der Waals surface area contributed by atoms with Gasteiger partial charge in [-0.15, -0.1) is 0 Å². The van der Waals surface area contributed by atoms with Crippen LogP contribution in [0.2, 0.25) is 0 Å². The molecule has 0 aromatic carbocycles. The number of hydrogen-bond donors (Lipinski definition) is 0. The second-order valence-corrected chi connectivity index (χ2v) is 0.289. The van der Waals surface area contributed by atoms with Gasteiger partial charge in [-0.2, -0.15) is 0 Å². The Morgan fingerprint density at radius 1 is 0.417 bits per heavy atom. The van der Waals surface area contributed by atoms with Gasteiger partial charge in [0.05, 0.1) is 0 Å². The van der Waals surface area contributed by atoms with Crippen LogP contribution in [0.15, 0.2) is 0 Å². The van der Waals surface area contributed by atoms with Crippen LogP contribution >= 0.6 is 0 Å². The molecule has 137 valence electrons. The van der Waals surface area contributed by atoms with Crippen molar-refractivity contribution in [3.63, 3.8) is 0 Å². The first-order chi connectivity index (χ1) is 10.4. The van der Waals surface area contributed by atoms with Crippen molar-refractivity contribution in [2.24, 2.45) is 0 Å². The molecule has 3 radical (unpaired) electrons. The number of hydrogen-bond acceptors (Lipinski definition) is 1. The van der Waals surface area contributed by atoms with Gasteiger partial charge in [-0.3, -0.25) is 0 Å². The fraction of sp³-hybridized carbons (Fsp3) is 0.0909. The Kier molecular flexibility index (Phi) is 2340000. The van der Waals surface area contributed by atoms with Crippen molar-refractivity contribution in [2.45, 2.75) is 0 Å². The molecule has 0 unspecified atom stereocenters. The molecule has 0 heterocycles. The number of methoxy groups -OCH3 is 1. The van der Waals surface area contributed by atoms with E-state index >= 15 is 0 Å². The third-order valence-corrected chi connectivity index (χ3v) is 0. The predicted molar refractivity (Wildman–Crippen MR) is 47.7 cm³/mol. The fourth-order valence-corrected chi connectivity index (χ4v) is 0. The summed E-state index contributed by atoms with van der Waals surface area (Å²) in [5, 5.41) is 0. The monoisotopic (exact) mass is 474 g/mol. The molecule has 0 aliphatic heterocycles. The Morgan fingerprint density at radius 2 is 0.417 bits per heavy atom. The smallest absolute Gasteiger partial charge is 0 e. The van der Waals surface area contributed by atoms with Crippen molar-refractivity contribution in [3.8, 4) is 0 Å². The zero-order valence-electron chi connectivity index (χ0n) is 11.3. The quantitative estimate of drug-likeness (QED) is 0.349. The molecule has 0 N–H and O–H groups in total. The standard InChI is InChI=1S/C2H5O.9CO.3Co/c1-3-2;9*1-2;;;/h1H2,2H3;;;;;;;;;;;;/q-1;;;;;;;;;;;;. The van der Waals surface area contributed by atoms with E-state index < -0.39 is 0 Å². The third-order valence-electron chi connectivity index (χ3n) is 0. The normalized spacial score (nSPS) is 1.50. The first kappa shape index (κ1) is 110. The maximum atomic E-state index is 7.50. The zero-order chi connectivity index (χ0) is 20.7. The average molecular weight is 474 g/mol. The molecule has 0 bridgehead atoms. The molecule has 0 atom stereocenters. The van der Waals surface area contributed by atoms with E-state index in [0.29, 0.717) is 0 Å². The van der Waals surface area contributed by atoms with Crippen LogP contribution in [0.5, 0.6) is 0 Å². The van der Waals surface area contributed by atoms with E-state index in [4.69, 9.17) is 41.9 Å². The van der Waals surface area contributed by atoms with Crippen molar-refractivity contribution in [2.75, 3.05) is 7.11 Å². The molecule has 0 saturated carbocycles. The largest absolute Gasteiger partial charge is 0.557 e. The molecule has 0 aliphatic rings. The summed E-state index contributed by atoms with van der Waals surface area (Å²) in [6.45, 7) is 40.5. The van der Waals surface area contributed by atoms with E-state index in [1.807, 2.05) is 0 Å². The van der Waals surface area contributed by atoms with Gasteiger partial charge < -0.3 is 4.74 Å². The molecule has 10 nitrogen and oxygen atoms in total. The van der Waals surface area contributed by atoms with Crippen molar-refractivity contribution in [3.05, 3.63) is 67.0 Å². The minimum absolute atomic E-state index is 0. The molecule has 0 aromatic rings. The fourth-order valence-electron chi connectivity index (χ4n) is 0. The van der Waals surface area contributed by atoms with Crippen LogP contribution in [-0.4, -0.2) is 7.11 Å². The van der Waals surface area contributed by atoms with Gasteiger partial charge in [0.2, 0.25) is 0 Å². The van der Waals surface area contributed by atoms with E-state index in [9.17, 15) is 0 Å². The molecule has 13 heteroatoms. The minimum Gasteiger partial charge on any atom is -0.557 e. The van der Waals surface area contributed by atoms with Crippen LogP contribution in [0.25, 0.3) is 0 Å². The average Bonchev–Trinajstić information content (AvgIpc) is 2.70. The summed E-state index contributed by atoms with van der Waals surface area (Å²) in [5.41, 5.74) is 0. The van der Waals surface area contributed by atoms with Gasteiger partial charge in [0.25, 0.3) is 0 Å². The summed E-state index contributed by atoms with van der Waals surface area (Å²) < 4.78 is 71.5. The number of rotatable bonds is 0. The molecule has 0 aromatic heterocycles.